The van der Waals surface area contributed by atoms with Crippen molar-refractivity contribution in [3.05, 3.63) is 30.1 Å². The molecule has 116 valence electrons. The minimum Gasteiger partial charge on any atom is -0.493 e. The molecule has 0 spiro atoms. The molecule has 1 aromatic carbocycles. The largest absolute Gasteiger partial charge is 0.493 e. The van der Waals surface area contributed by atoms with Gasteiger partial charge in [0.2, 0.25) is 5.91 Å². The molecule has 0 aliphatic carbocycles. The molecule has 5 nitrogen and oxygen atoms in total. The van der Waals surface area contributed by atoms with Gasteiger partial charge in [-0.2, -0.15) is 11.8 Å². The standard InChI is InChI=1S/C14H18FNO4S/c1-21-8-6-12(14(18)19)16-13(17)5-7-20-11-4-2-3-10(15)9-11/h2-4,9,12H,5-8H2,1H3,(H,16,17)(H,18,19). The van der Waals surface area contributed by atoms with Crippen LogP contribution in [0.3, 0.4) is 0 Å². The van der Waals surface area contributed by atoms with Crippen molar-refractivity contribution in [3.63, 3.8) is 0 Å². The van der Waals surface area contributed by atoms with Gasteiger partial charge in [0.05, 0.1) is 13.0 Å². The van der Waals surface area contributed by atoms with E-state index in [0.29, 0.717) is 17.9 Å². The van der Waals surface area contributed by atoms with Crippen LogP contribution < -0.4 is 10.1 Å². The molecule has 7 heteroatoms. The van der Waals surface area contributed by atoms with Crippen LogP contribution in [-0.2, 0) is 9.59 Å². The predicted molar refractivity (Wildman–Crippen MR) is 79.1 cm³/mol. The number of hydrogen-bond acceptors (Lipinski definition) is 4. The van der Waals surface area contributed by atoms with Gasteiger partial charge in [-0.25, -0.2) is 9.18 Å². The second-order valence-electron chi connectivity index (χ2n) is 4.30. The van der Waals surface area contributed by atoms with Crippen LogP contribution in [-0.4, -0.2) is 41.6 Å². The van der Waals surface area contributed by atoms with Gasteiger partial charge in [0.1, 0.15) is 17.6 Å². The third-order valence-electron chi connectivity index (χ3n) is 2.64. The lowest BCUT2D eigenvalue weighted by Crippen LogP contribution is -2.41. The van der Waals surface area contributed by atoms with Gasteiger partial charge in [0.25, 0.3) is 0 Å². The fraction of sp³-hybridized carbons (Fsp3) is 0.429. The molecule has 0 radical (unpaired) electrons. The van der Waals surface area contributed by atoms with Crippen molar-refractivity contribution in [3.8, 4) is 5.75 Å². The molecule has 0 aliphatic heterocycles. The number of carbonyl (C=O) groups is 2. The average Bonchev–Trinajstić information content (AvgIpc) is 2.43. The quantitative estimate of drug-likeness (QED) is 0.728. The first-order valence-corrected chi connectivity index (χ1v) is 7.81. The summed E-state index contributed by atoms with van der Waals surface area (Å²) in [6.07, 6.45) is 2.25. The molecule has 2 N–H and O–H groups in total. The first kappa shape index (κ1) is 17.3. The molecule has 1 aromatic rings. The Morgan fingerprint density at radius 1 is 1.48 bits per heavy atom. The molecule has 1 amide bonds. The van der Waals surface area contributed by atoms with E-state index in [1.807, 2.05) is 6.26 Å². The number of carboxylic acid groups (broad SMARTS) is 1. The average molecular weight is 315 g/mol. The number of rotatable bonds is 9. The fourth-order valence-corrected chi connectivity index (χ4v) is 2.05. The lowest BCUT2D eigenvalue weighted by molar-refractivity contribution is -0.141. The van der Waals surface area contributed by atoms with E-state index in [1.54, 1.807) is 6.07 Å². The Kier molecular flexibility index (Phi) is 7.60. The number of nitrogens with one attached hydrogen (secondary N) is 1. The summed E-state index contributed by atoms with van der Waals surface area (Å²) in [7, 11) is 0. The summed E-state index contributed by atoms with van der Waals surface area (Å²) in [6.45, 7) is 0.0597. The molecular formula is C14H18FNO4S. The molecule has 0 aliphatic rings. The number of amides is 1. The van der Waals surface area contributed by atoms with Gasteiger partial charge in [0.15, 0.2) is 0 Å². The zero-order valence-corrected chi connectivity index (χ0v) is 12.5. The van der Waals surface area contributed by atoms with Crippen molar-refractivity contribution in [2.45, 2.75) is 18.9 Å². The molecule has 21 heavy (non-hydrogen) atoms. The van der Waals surface area contributed by atoms with Crippen LogP contribution in [0.5, 0.6) is 5.75 Å². The smallest absolute Gasteiger partial charge is 0.326 e. The maximum Gasteiger partial charge on any atom is 0.326 e. The molecule has 0 bridgehead atoms. The molecule has 0 saturated carbocycles. The molecule has 1 unspecified atom stereocenters. The summed E-state index contributed by atoms with van der Waals surface area (Å²) in [5.41, 5.74) is 0. The summed E-state index contributed by atoms with van der Waals surface area (Å²) in [5.74, 6) is -0.889. The Morgan fingerprint density at radius 3 is 2.86 bits per heavy atom. The Hall–Kier alpha value is -1.76. The second kappa shape index (κ2) is 9.23. The van der Waals surface area contributed by atoms with E-state index in [0.717, 1.165) is 0 Å². The normalized spacial score (nSPS) is 11.7. The monoisotopic (exact) mass is 315 g/mol. The second-order valence-corrected chi connectivity index (χ2v) is 5.28. The third-order valence-corrected chi connectivity index (χ3v) is 3.28. The molecule has 0 aromatic heterocycles. The Balaban J connectivity index is 2.34. The van der Waals surface area contributed by atoms with Gasteiger partial charge in [0, 0.05) is 6.07 Å². The van der Waals surface area contributed by atoms with Gasteiger partial charge < -0.3 is 15.2 Å². The molecule has 1 atom stereocenters. The first-order chi connectivity index (χ1) is 10.0. The maximum absolute atomic E-state index is 12.9. The van der Waals surface area contributed by atoms with Crippen LogP contribution in [0.25, 0.3) is 0 Å². The Morgan fingerprint density at radius 2 is 2.24 bits per heavy atom. The highest BCUT2D eigenvalue weighted by Crippen LogP contribution is 2.12. The number of ether oxygens (including phenoxy) is 1. The summed E-state index contributed by atoms with van der Waals surface area (Å²) in [5, 5.41) is 11.4. The number of benzene rings is 1. The molecular weight excluding hydrogens is 297 g/mol. The summed E-state index contributed by atoms with van der Waals surface area (Å²) in [4.78, 5) is 22.6. The topological polar surface area (TPSA) is 75.6 Å². The van der Waals surface area contributed by atoms with Crippen LogP contribution in [0, 0.1) is 5.82 Å². The fourth-order valence-electron chi connectivity index (χ4n) is 1.58. The number of carboxylic acids is 1. The predicted octanol–water partition coefficient (Wildman–Crippen LogP) is 1.92. The highest BCUT2D eigenvalue weighted by molar-refractivity contribution is 7.98. The zero-order valence-electron chi connectivity index (χ0n) is 11.7. The van der Waals surface area contributed by atoms with E-state index < -0.39 is 23.7 Å². The van der Waals surface area contributed by atoms with Gasteiger partial charge >= 0.3 is 5.97 Å². The van der Waals surface area contributed by atoms with Crippen molar-refractivity contribution in [2.75, 3.05) is 18.6 Å². The van der Waals surface area contributed by atoms with Crippen LogP contribution in [0.2, 0.25) is 0 Å². The first-order valence-electron chi connectivity index (χ1n) is 6.42. The van der Waals surface area contributed by atoms with Crippen molar-refractivity contribution in [2.24, 2.45) is 0 Å². The Labute approximate surface area is 126 Å². The zero-order chi connectivity index (χ0) is 15.7. The number of halogens is 1. The van der Waals surface area contributed by atoms with Crippen molar-refractivity contribution < 1.29 is 23.8 Å². The van der Waals surface area contributed by atoms with Crippen molar-refractivity contribution in [1.82, 2.24) is 5.32 Å². The van der Waals surface area contributed by atoms with Gasteiger partial charge in [-0.1, -0.05) is 6.07 Å². The SMILES string of the molecule is CSCCC(NC(=O)CCOc1cccc(F)c1)C(=O)O. The van der Waals surface area contributed by atoms with Crippen molar-refractivity contribution in [1.29, 1.82) is 0 Å². The number of carbonyl (C=O) groups excluding carboxylic acids is 1. The Bertz CT molecular complexity index is 484. The number of hydrogen-bond donors (Lipinski definition) is 2. The van der Waals surface area contributed by atoms with E-state index in [4.69, 9.17) is 9.84 Å². The minimum atomic E-state index is -1.05. The number of aliphatic carboxylic acids is 1. The maximum atomic E-state index is 12.9. The van der Waals surface area contributed by atoms with Gasteiger partial charge in [-0.05, 0) is 30.6 Å². The third kappa shape index (κ3) is 6.99. The van der Waals surface area contributed by atoms with Crippen LogP contribution >= 0.6 is 11.8 Å². The highest BCUT2D eigenvalue weighted by atomic mass is 32.2. The number of thioether (sulfide) groups is 1. The molecule has 0 heterocycles. The molecule has 1 rings (SSSR count). The van der Waals surface area contributed by atoms with Crippen molar-refractivity contribution >= 4 is 23.6 Å². The van der Waals surface area contributed by atoms with E-state index in [1.165, 1.54) is 30.0 Å². The van der Waals surface area contributed by atoms with Crippen LogP contribution in [0.15, 0.2) is 24.3 Å². The summed E-state index contributed by atoms with van der Waals surface area (Å²) >= 11 is 1.52. The molecule has 0 saturated heterocycles. The lowest BCUT2D eigenvalue weighted by Gasteiger charge is -2.14. The highest BCUT2D eigenvalue weighted by Gasteiger charge is 2.19. The van der Waals surface area contributed by atoms with E-state index in [2.05, 4.69) is 5.32 Å². The van der Waals surface area contributed by atoms with Gasteiger partial charge in [-0.15, -0.1) is 0 Å². The lowest BCUT2D eigenvalue weighted by atomic mass is 10.2. The summed E-state index contributed by atoms with van der Waals surface area (Å²) in [6, 6.07) is 4.71. The minimum absolute atomic E-state index is 0.0135. The van der Waals surface area contributed by atoms with E-state index in [9.17, 15) is 14.0 Å². The molecule has 0 fully saturated rings. The van der Waals surface area contributed by atoms with E-state index >= 15 is 0 Å². The summed E-state index contributed by atoms with van der Waals surface area (Å²) < 4.78 is 18.1. The van der Waals surface area contributed by atoms with Gasteiger partial charge in [-0.3, -0.25) is 4.79 Å². The van der Waals surface area contributed by atoms with Crippen LogP contribution in [0.1, 0.15) is 12.8 Å². The van der Waals surface area contributed by atoms with E-state index in [-0.39, 0.29) is 13.0 Å². The van der Waals surface area contributed by atoms with Crippen LogP contribution in [0.4, 0.5) is 4.39 Å².